The number of amides is 1. The molecule has 0 N–H and O–H groups in total. The van der Waals surface area contributed by atoms with Crippen molar-refractivity contribution in [3.8, 4) is 17.2 Å². The largest absolute Gasteiger partial charge is 0.484 e. The number of anilines is 1. The van der Waals surface area contributed by atoms with E-state index in [9.17, 15) is 13.2 Å². The molecule has 10 heteroatoms. The number of carbonyl (C=O) groups is 1. The van der Waals surface area contributed by atoms with E-state index >= 15 is 0 Å². The summed E-state index contributed by atoms with van der Waals surface area (Å²) in [5.41, 5.74) is 0.743. The van der Waals surface area contributed by atoms with E-state index in [2.05, 4.69) is 4.99 Å². The normalized spacial score (nSPS) is 21.6. The minimum absolute atomic E-state index is 0.0153. The van der Waals surface area contributed by atoms with Gasteiger partial charge in [-0.05, 0) is 60.7 Å². The summed E-state index contributed by atoms with van der Waals surface area (Å²) in [6.45, 7) is -0.239. The maximum absolute atomic E-state index is 12.6. The van der Waals surface area contributed by atoms with E-state index in [0.29, 0.717) is 27.4 Å². The first-order valence-electron chi connectivity index (χ1n) is 10.9. The number of halogens is 1. The predicted octanol–water partition coefficient (Wildman–Crippen LogP) is 4.81. The number of carbonyl (C=O) groups excluding carboxylic acids is 1. The van der Waals surface area contributed by atoms with Crippen molar-refractivity contribution in [2.24, 2.45) is 4.99 Å². The summed E-state index contributed by atoms with van der Waals surface area (Å²) in [5, 5.41) is 0.851. The van der Waals surface area contributed by atoms with Gasteiger partial charge in [0.1, 0.15) is 17.2 Å². The molecule has 0 saturated carbocycles. The van der Waals surface area contributed by atoms with Crippen LogP contribution in [0.2, 0.25) is 5.02 Å². The third-order valence-electron chi connectivity index (χ3n) is 5.56. The molecule has 2 saturated heterocycles. The van der Waals surface area contributed by atoms with Gasteiger partial charge in [-0.25, -0.2) is 8.42 Å². The molecule has 0 bridgehead atoms. The van der Waals surface area contributed by atoms with Gasteiger partial charge in [-0.1, -0.05) is 41.6 Å². The molecule has 7 nitrogen and oxygen atoms in total. The van der Waals surface area contributed by atoms with Crippen LogP contribution in [0, 0.1) is 0 Å². The van der Waals surface area contributed by atoms with Crippen LogP contribution in [0.15, 0.2) is 83.9 Å². The molecule has 2 aliphatic rings. The number of thioether (sulfide) groups is 1. The molecule has 0 aliphatic carbocycles. The van der Waals surface area contributed by atoms with Crippen LogP contribution in [-0.4, -0.2) is 48.9 Å². The van der Waals surface area contributed by atoms with E-state index in [1.165, 1.54) is 11.8 Å². The molecule has 5 rings (SSSR count). The Morgan fingerprint density at radius 3 is 2.31 bits per heavy atom. The van der Waals surface area contributed by atoms with Gasteiger partial charge in [-0.2, -0.15) is 4.99 Å². The Kier molecular flexibility index (Phi) is 6.73. The molecular formula is C25H21ClN2O5S2. The molecule has 0 aromatic heterocycles. The number of benzene rings is 3. The lowest BCUT2D eigenvalue weighted by atomic mass is 10.2. The van der Waals surface area contributed by atoms with Crippen LogP contribution in [0.5, 0.6) is 17.2 Å². The number of ether oxygens (including phenoxy) is 2. The standard InChI is InChI=1S/C25H21ClN2O5S2/c26-17-6-10-19(11-7-17)32-14-24(29)27-25-28(22-15-35(30,31)16-23(22)34-25)18-8-12-21(13-9-18)33-20-4-2-1-3-5-20/h1-13,22-23H,14-16H2/t22-,23+/m0/s1. The number of hydrogen-bond acceptors (Lipinski definition) is 6. The predicted molar refractivity (Wildman–Crippen MR) is 139 cm³/mol. The van der Waals surface area contributed by atoms with Crippen LogP contribution in [0.3, 0.4) is 0 Å². The molecule has 0 radical (unpaired) electrons. The van der Waals surface area contributed by atoms with Gasteiger partial charge in [0.05, 0.1) is 17.5 Å². The number of hydrogen-bond donors (Lipinski definition) is 0. The smallest absolute Gasteiger partial charge is 0.285 e. The Balaban J connectivity index is 1.35. The molecule has 2 fully saturated rings. The van der Waals surface area contributed by atoms with Crippen LogP contribution >= 0.6 is 23.4 Å². The van der Waals surface area contributed by atoms with Gasteiger partial charge in [0.2, 0.25) is 0 Å². The van der Waals surface area contributed by atoms with E-state index in [0.717, 1.165) is 5.69 Å². The van der Waals surface area contributed by atoms with Crippen LogP contribution in [-0.2, 0) is 14.6 Å². The first kappa shape index (κ1) is 23.7. The number of nitrogens with zero attached hydrogens (tertiary/aromatic N) is 2. The number of aliphatic imine (C=N–C) groups is 1. The first-order valence-corrected chi connectivity index (χ1v) is 13.9. The summed E-state index contributed by atoms with van der Waals surface area (Å²) in [7, 11) is -3.16. The molecule has 1 amide bonds. The Bertz CT molecular complexity index is 1350. The lowest BCUT2D eigenvalue weighted by molar-refractivity contribution is -0.119. The van der Waals surface area contributed by atoms with Gasteiger partial charge in [0, 0.05) is 16.0 Å². The van der Waals surface area contributed by atoms with Gasteiger partial charge in [0.25, 0.3) is 5.91 Å². The van der Waals surface area contributed by atoms with Gasteiger partial charge >= 0.3 is 0 Å². The van der Waals surface area contributed by atoms with Crippen molar-refractivity contribution < 1.29 is 22.7 Å². The second-order valence-electron chi connectivity index (χ2n) is 8.11. The van der Waals surface area contributed by atoms with E-state index < -0.39 is 15.7 Å². The van der Waals surface area contributed by atoms with Crippen molar-refractivity contribution in [3.05, 3.63) is 83.9 Å². The fourth-order valence-electron chi connectivity index (χ4n) is 3.98. The summed E-state index contributed by atoms with van der Waals surface area (Å²) in [5.74, 6) is 1.49. The lowest BCUT2D eigenvalue weighted by Gasteiger charge is -2.24. The summed E-state index contributed by atoms with van der Waals surface area (Å²) < 4.78 is 36.0. The SMILES string of the molecule is O=C(COc1ccc(Cl)cc1)N=C1S[C@@H]2CS(=O)(=O)C[C@@H]2N1c1ccc(Oc2ccccc2)cc1. The zero-order valence-corrected chi connectivity index (χ0v) is 20.8. The zero-order valence-electron chi connectivity index (χ0n) is 18.4. The molecule has 2 heterocycles. The molecule has 3 aromatic carbocycles. The topological polar surface area (TPSA) is 85.3 Å². The van der Waals surface area contributed by atoms with E-state index in [4.69, 9.17) is 21.1 Å². The average molecular weight is 529 g/mol. The summed E-state index contributed by atoms with van der Waals surface area (Å²) in [4.78, 5) is 18.7. The van der Waals surface area contributed by atoms with E-state index in [1.54, 1.807) is 24.3 Å². The Morgan fingerprint density at radius 1 is 0.943 bits per heavy atom. The van der Waals surface area contributed by atoms with Crippen LogP contribution in [0.1, 0.15) is 0 Å². The number of fused-ring (bicyclic) bond motifs is 1. The molecule has 2 atom stereocenters. The highest BCUT2D eigenvalue weighted by molar-refractivity contribution is 8.16. The zero-order chi connectivity index (χ0) is 24.4. The van der Waals surface area contributed by atoms with Crippen LogP contribution < -0.4 is 14.4 Å². The van der Waals surface area contributed by atoms with Crippen molar-refractivity contribution >= 4 is 50.0 Å². The van der Waals surface area contributed by atoms with Crippen molar-refractivity contribution in [3.63, 3.8) is 0 Å². The van der Waals surface area contributed by atoms with E-state index in [1.807, 2.05) is 59.5 Å². The highest BCUT2D eigenvalue weighted by Gasteiger charge is 2.49. The van der Waals surface area contributed by atoms with Crippen molar-refractivity contribution in [2.75, 3.05) is 23.0 Å². The number of para-hydroxylation sites is 1. The Morgan fingerprint density at radius 2 is 1.60 bits per heavy atom. The quantitative estimate of drug-likeness (QED) is 0.453. The highest BCUT2D eigenvalue weighted by atomic mass is 35.5. The van der Waals surface area contributed by atoms with Crippen LogP contribution in [0.4, 0.5) is 5.69 Å². The molecule has 0 unspecified atom stereocenters. The third-order valence-corrected chi connectivity index (χ3v) is 9.02. The highest BCUT2D eigenvalue weighted by Crippen LogP contribution is 2.41. The van der Waals surface area contributed by atoms with Gasteiger partial charge in [-0.3, -0.25) is 4.79 Å². The fraction of sp³-hybridized carbons (Fsp3) is 0.200. The third kappa shape index (κ3) is 5.63. The maximum atomic E-state index is 12.6. The monoisotopic (exact) mass is 528 g/mol. The minimum Gasteiger partial charge on any atom is -0.484 e. The molecule has 180 valence electrons. The Hall–Kier alpha value is -3.01. The van der Waals surface area contributed by atoms with Crippen molar-refractivity contribution in [1.29, 1.82) is 0 Å². The van der Waals surface area contributed by atoms with Gasteiger partial charge in [-0.15, -0.1) is 0 Å². The minimum atomic E-state index is -3.16. The van der Waals surface area contributed by atoms with Crippen LogP contribution in [0.25, 0.3) is 0 Å². The molecule has 35 heavy (non-hydrogen) atoms. The lowest BCUT2D eigenvalue weighted by Crippen LogP contribution is -2.37. The van der Waals surface area contributed by atoms with Gasteiger partial charge < -0.3 is 14.4 Å². The Labute approximate surface area is 212 Å². The molecule has 0 spiro atoms. The second kappa shape index (κ2) is 9.93. The number of amidine groups is 1. The molecule has 3 aromatic rings. The second-order valence-corrected chi connectivity index (χ2v) is 11.9. The maximum Gasteiger partial charge on any atom is 0.285 e. The first-order chi connectivity index (χ1) is 16.9. The summed E-state index contributed by atoms with van der Waals surface area (Å²) in [6.07, 6.45) is 0. The number of rotatable bonds is 6. The van der Waals surface area contributed by atoms with Crippen molar-refractivity contribution in [2.45, 2.75) is 11.3 Å². The fourth-order valence-corrected chi connectivity index (χ4v) is 8.04. The average Bonchev–Trinajstić information content (AvgIpc) is 3.30. The van der Waals surface area contributed by atoms with E-state index in [-0.39, 0.29) is 29.4 Å². The van der Waals surface area contributed by atoms with Crippen molar-refractivity contribution in [1.82, 2.24) is 0 Å². The number of sulfone groups is 1. The molecule has 2 aliphatic heterocycles. The van der Waals surface area contributed by atoms with Gasteiger partial charge in [0.15, 0.2) is 21.6 Å². The molecular weight excluding hydrogens is 508 g/mol. The summed E-state index contributed by atoms with van der Waals surface area (Å²) in [6, 6.07) is 23.1. The summed E-state index contributed by atoms with van der Waals surface area (Å²) >= 11 is 7.19.